The molecule has 1 saturated carbocycles. The minimum Gasteiger partial charge on any atom is -0.389 e. The number of sulfonamides is 1. The smallest absolute Gasteiger partial charge is 0.241 e. The van der Waals surface area contributed by atoms with Crippen LogP contribution in [0.3, 0.4) is 0 Å². The Morgan fingerprint density at radius 2 is 1.86 bits per heavy atom. The van der Waals surface area contributed by atoms with Gasteiger partial charge >= 0.3 is 0 Å². The molecular weight excluding hydrogens is 293 g/mol. The van der Waals surface area contributed by atoms with Gasteiger partial charge in [-0.1, -0.05) is 31.7 Å². The third-order valence-corrected chi connectivity index (χ3v) is 5.61. The summed E-state index contributed by atoms with van der Waals surface area (Å²) in [5.74, 6) is -0.589. The molecule has 4 nitrogen and oxygen atoms in total. The third kappa shape index (κ3) is 4.25. The lowest BCUT2D eigenvalue weighted by Gasteiger charge is -2.26. The average Bonchev–Trinajstić information content (AvgIpc) is 2.65. The fraction of sp³-hybridized carbons (Fsp3) is 0.600. The predicted octanol–water partition coefficient (Wildman–Crippen LogP) is 2.50. The van der Waals surface area contributed by atoms with Crippen LogP contribution < -0.4 is 4.72 Å². The highest BCUT2D eigenvalue weighted by atomic mass is 32.2. The van der Waals surface area contributed by atoms with Crippen LogP contribution in [-0.2, 0) is 10.0 Å². The molecule has 0 radical (unpaired) electrons. The topological polar surface area (TPSA) is 66.4 Å². The Morgan fingerprint density at radius 3 is 2.48 bits per heavy atom. The van der Waals surface area contributed by atoms with Gasteiger partial charge in [0.2, 0.25) is 10.0 Å². The van der Waals surface area contributed by atoms with E-state index in [2.05, 4.69) is 4.72 Å². The lowest BCUT2D eigenvalue weighted by molar-refractivity contribution is 0.0303. The molecule has 0 spiro atoms. The molecule has 2 N–H and O–H groups in total. The van der Waals surface area contributed by atoms with Gasteiger partial charge in [-0.3, -0.25) is 0 Å². The molecule has 0 amide bonds. The first-order valence-electron chi connectivity index (χ1n) is 7.31. The number of benzene rings is 1. The standard InChI is InChI=1S/C15H22FNO3S/c1-12-6-7-13(16)10-14(12)21(19,20)17-11-15(18)8-4-2-3-5-9-15/h6-7,10,17-18H,2-5,8-9,11H2,1H3. The minimum absolute atomic E-state index is 0.0225. The van der Waals surface area contributed by atoms with Gasteiger partial charge in [-0.25, -0.2) is 17.5 Å². The predicted molar refractivity (Wildman–Crippen MR) is 79.0 cm³/mol. The lowest BCUT2D eigenvalue weighted by atomic mass is 9.95. The second-order valence-electron chi connectivity index (χ2n) is 5.87. The first-order chi connectivity index (χ1) is 9.82. The van der Waals surface area contributed by atoms with Gasteiger partial charge in [0.15, 0.2) is 0 Å². The second kappa shape index (κ2) is 6.42. The molecule has 0 aromatic heterocycles. The number of aliphatic hydroxyl groups is 1. The summed E-state index contributed by atoms with van der Waals surface area (Å²) in [6, 6.07) is 3.67. The van der Waals surface area contributed by atoms with Gasteiger partial charge < -0.3 is 5.11 Å². The molecule has 1 aliphatic carbocycles. The molecule has 21 heavy (non-hydrogen) atoms. The number of hydrogen-bond acceptors (Lipinski definition) is 3. The van der Waals surface area contributed by atoms with Crippen LogP contribution in [0.2, 0.25) is 0 Å². The van der Waals surface area contributed by atoms with Crippen LogP contribution in [0.1, 0.15) is 44.1 Å². The van der Waals surface area contributed by atoms with Crippen LogP contribution >= 0.6 is 0 Å². The number of rotatable bonds is 4. The summed E-state index contributed by atoms with van der Waals surface area (Å²) in [7, 11) is -3.81. The van der Waals surface area contributed by atoms with Crippen molar-refractivity contribution < 1.29 is 17.9 Å². The SMILES string of the molecule is Cc1ccc(F)cc1S(=O)(=O)NCC1(O)CCCCCC1. The molecule has 118 valence electrons. The van der Waals surface area contributed by atoms with Crippen molar-refractivity contribution >= 4 is 10.0 Å². The lowest BCUT2D eigenvalue weighted by Crippen LogP contribution is -2.42. The molecule has 1 aromatic carbocycles. The third-order valence-electron chi connectivity index (χ3n) is 4.07. The Hall–Kier alpha value is -0.980. The zero-order chi connectivity index (χ0) is 15.5. The Balaban J connectivity index is 2.12. The van der Waals surface area contributed by atoms with Crippen molar-refractivity contribution in [1.29, 1.82) is 0 Å². The normalized spacial score (nSPS) is 19.2. The molecule has 0 bridgehead atoms. The van der Waals surface area contributed by atoms with E-state index in [0.717, 1.165) is 31.7 Å². The molecule has 0 saturated heterocycles. The molecule has 0 unspecified atom stereocenters. The first-order valence-corrected chi connectivity index (χ1v) is 8.79. The largest absolute Gasteiger partial charge is 0.389 e. The first kappa shape index (κ1) is 16.4. The van der Waals surface area contributed by atoms with Crippen LogP contribution in [0.4, 0.5) is 4.39 Å². The quantitative estimate of drug-likeness (QED) is 0.839. The average molecular weight is 315 g/mol. The van der Waals surface area contributed by atoms with Crippen molar-refractivity contribution in [2.75, 3.05) is 6.54 Å². The molecule has 2 rings (SSSR count). The van der Waals surface area contributed by atoms with Crippen molar-refractivity contribution in [2.24, 2.45) is 0 Å². The highest BCUT2D eigenvalue weighted by Gasteiger charge is 2.30. The summed E-state index contributed by atoms with van der Waals surface area (Å²) in [5.41, 5.74) is -0.512. The molecular formula is C15H22FNO3S. The minimum atomic E-state index is -3.81. The summed E-state index contributed by atoms with van der Waals surface area (Å²) in [5, 5.41) is 10.5. The van der Waals surface area contributed by atoms with Crippen LogP contribution in [0, 0.1) is 12.7 Å². The van der Waals surface area contributed by atoms with Crippen molar-refractivity contribution in [1.82, 2.24) is 4.72 Å². The number of nitrogens with one attached hydrogen (secondary N) is 1. The Kier molecular flexibility index (Phi) is 5.01. The summed E-state index contributed by atoms with van der Waals surface area (Å²) in [4.78, 5) is -0.0697. The van der Waals surface area contributed by atoms with Crippen molar-refractivity contribution in [3.05, 3.63) is 29.6 Å². The highest BCUT2D eigenvalue weighted by molar-refractivity contribution is 7.89. The molecule has 1 fully saturated rings. The molecule has 6 heteroatoms. The number of hydrogen-bond donors (Lipinski definition) is 2. The van der Waals surface area contributed by atoms with E-state index in [1.807, 2.05) is 0 Å². The summed E-state index contributed by atoms with van der Waals surface area (Å²) < 4.78 is 40.3. The van der Waals surface area contributed by atoms with E-state index < -0.39 is 21.4 Å². The zero-order valence-electron chi connectivity index (χ0n) is 12.2. The Bertz CT molecular complexity index is 593. The monoisotopic (exact) mass is 315 g/mol. The van der Waals surface area contributed by atoms with Gasteiger partial charge in [0.25, 0.3) is 0 Å². The van der Waals surface area contributed by atoms with E-state index in [1.54, 1.807) is 6.92 Å². The van der Waals surface area contributed by atoms with E-state index in [9.17, 15) is 17.9 Å². The molecule has 1 aromatic rings. The van der Waals surface area contributed by atoms with Gasteiger partial charge in [0.1, 0.15) is 5.82 Å². The van der Waals surface area contributed by atoms with E-state index in [1.165, 1.54) is 12.1 Å². The molecule has 1 aliphatic rings. The van der Waals surface area contributed by atoms with Crippen LogP contribution in [0.25, 0.3) is 0 Å². The van der Waals surface area contributed by atoms with E-state index in [4.69, 9.17) is 0 Å². The van der Waals surface area contributed by atoms with Crippen molar-refractivity contribution in [3.63, 3.8) is 0 Å². The van der Waals surface area contributed by atoms with E-state index >= 15 is 0 Å². The Labute approximate surface area is 125 Å². The van der Waals surface area contributed by atoms with Crippen LogP contribution in [-0.4, -0.2) is 25.7 Å². The van der Waals surface area contributed by atoms with Gasteiger partial charge in [-0.05, 0) is 37.5 Å². The summed E-state index contributed by atoms with van der Waals surface area (Å²) in [6.07, 6.45) is 5.12. The maximum Gasteiger partial charge on any atom is 0.241 e. The van der Waals surface area contributed by atoms with Crippen LogP contribution in [0.5, 0.6) is 0 Å². The fourth-order valence-corrected chi connectivity index (χ4v) is 4.11. The molecule has 0 heterocycles. The van der Waals surface area contributed by atoms with Gasteiger partial charge in [-0.2, -0.15) is 0 Å². The van der Waals surface area contributed by atoms with Gasteiger partial charge in [0, 0.05) is 6.54 Å². The van der Waals surface area contributed by atoms with Gasteiger partial charge in [-0.15, -0.1) is 0 Å². The zero-order valence-corrected chi connectivity index (χ0v) is 13.0. The molecule has 0 atom stereocenters. The Morgan fingerprint density at radius 1 is 1.24 bits per heavy atom. The number of aryl methyl sites for hydroxylation is 1. The maximum atomic E-state index is 13.3. The van der Waals surface area contributed by atoms with E-state index in [-0.39, 0.29) is 11.4 Å². The van der Waals surface area contributed by atoms with Gasteiger partial charge in [0.05, 0.1) is 10.5 Å². The highest BCUT2D eigenvalue weighted by Crippen LogP contribution is 2.27. The summed E-state index contributed by atoms with van der Waals surface area (Å²) in [6.45, 7) is 1.60. The maximum absolute atomic E-state index is 13.3. The van der Waals surface area contributed by atoms with Crippen molar-refractivity contribution in [3.8, 4) is 0 Å². The van der Waals surface area contributed by atoms with Crippen LogP contribution in [0.15, 0.2) is 23.1 Å². The second-order valence-corrected chi connectivity index (χ2v) is 7.61. The molecule has 0 aliphatic heterocycles. The number of halogens is 1. The van der Waals surface area contributed by atoms with Crippen molar-refractivity contribution in [2.45, 2.75) is 55.9 Å². The fourth-order valence-electron chi connectivity index (χ4n) is 2.73. The van der Waals surface area contributed by atoms with E-state index in [0.29, 0.717) is 18.4 Å². The summed E-state index contributed by atoms with van der Waals surface area (Å²) >= 11 is 0.